The number of benzene rings is 3. The molecule has 330 valence electrons. The second kappa shape index (κ2) is 17.4. The fourth-order valence-corrected chi connectivity index (χ4v) is 9.16. The summed E-state index contributed by atoms with van der Waals surface area (Å²) < 4.78 is 45.8. The van der Waals surface area contributed by atoms with Crippen LogP contribution in [0.4, 0.5) is 18.4 Å². The van der Waals surface area contributed by atoms with E-state index in [2.05, 4.69) is 24.5 Å². The molecule has 14 nitrogen and oxygen atoms in total. The van der Waals surface area contributed by atoms with Gasteiger partial charge in [-0.15, -0.1) is 0 Å². The number of amides is 4. The maximum atomic E-state index is 16.2. The van der Waals surface area contributed by atoms with E-state index in [1.807, 2.05) is 50.9 Å². The highest BCUT2D eigenvalue weighted by molar-refractivity contribution is 5.89. The maximum Gasteiger partial charge on any atom is 0.407 e. The van der Waals surface area contributed by atoms with E-state index in [4.69, 9.17) is 19.4 Å². The number of nitrogens with one attached hydrogen (secondary N) is 2. The molecule has 4 heterocycles. The summed E-state index contributed by atoms with van der Waals surface area (Å²) in [6, 6.07) is 10.6. The molecular weight excluding hydrogens is 799 g/mol. The third-order valence-corrected chi connectivity index (χ3v) is 12.5. The van der Waals surface area contributed by atoms with Gasteiger partial charge in [-0.3, -0.25) is 9.59 Å². The standard InChI is InChI=1S/C46H56F2N8O6/c1-23(2)39(51-45(59)61-9)43(57)55-21-25(5)15-37(55)41-49-33-13-11-27(17-35(33)53(41)7)29-19-32(48)30(20-31(29)47)28-12-14-34-36(18-28)54(8)42(50-34)38-16-26(6)22-56(38)44(58)40(24(3)4)52-46(60)62-10/h11-14,17-20,23-26,37-40H,15-16,21-22H2,1-10H3,(H,51,59)(H,52,60)/t25-,26?,37-,38-,39-,40-/m0/s1. The van der Waals surface area contributed by atoms with Crippen molar-refractivity contribution in [2.45, 2.75) is 78.6 Å². The van der Waals surface area contributed by atoms with E-state index in [0.717, 1.165) is 0 Å². The lowest BCUT2D eigenvalue weighted by Gasteiger charge is -2.30. The van der Waals surface area contributed by atoms with Crippen LogP contribution in [0.2, 0.25) is 0 Å². The van der Waals surface area contributed by atoms with Crippen LogP contribution in [0.15, 0.2) is 48.5 Å². The van der Waals surface area contributed by atoms with Crippen molar-refractivity contribution in [2.24, 2.45) is 37.8 Å². The molecule has 16 heteroatoms. The number of aromatic nitrogens is 4. The summed E-state index contributed by atoms with van der Waals surface area (Å²) in [6.07, 6.45) is -0.0270. The molecule has 0 spiro atoms. The predicted octanol–water partition coefficient (Wildman–Crippen LogP) is 7.65. The monoisotopic (exact) mass is 854 g/mol. The van der Waals surface area contributed by atoms with Crippen LogP contribution in [-0.2, 0) is 33.2 Å². The van der Waals surface area contributed by atoms with Gasteiger partial charge < -0.3 is 39.0 Å². The number of imidazole rings is 2. The van der Waals surface area contributed by atoms with Crippen LogP contribution in [-0.4, -0.2) is 92.3 Å². The summed E-state index contributed by atoms with van der Waals surface area (Å²) in [5, 5.41) is 5.37. The second-order valence-electron chi connectivity index (χ2n) is 17.7. The Hall–Kier alpha value is -6.06. The number of alkyl carbamates (subject to hydrolysis) is 2. The number of aryl methyl sites for hydroxylation is 2. The zero-order valence-corrected chi connectivity index (χ0v) is 37.0. The Bertz CT molecular complexity index is 2380. The topological polar surface area (TPSA) is 153 Å². The SMILES string of the molecule is COC(=O)N[C@H](C(=O)N1CC(C)C[C@H]1c1nc2ccc(-c3cc(F)c(-c4ccc5nc([C@@H]6C[C@H](C)CN6C(=O)[C@@H](NC(=O)OC)C(C)C)n(C)c5c4)cc3F)cc2n1C)C(C)C. The minimum absolute atomic E-state index is 0.0845. The molecule has 2 aliphatic heterocycles. The van der Waals surface area contributed by atoms with Gasteiger partial charge in [0.1, 0.15) is 35.4 Å². The summed E-state index contributed by atoms with van der Waals surface area (Å²) in [5.41, 5.74) is 3.76. The summed E-state index contributed by atoms with van der Waals surface area (Å²) >= 11 is 0. The molecule has 4 amide bonds. The molecule has 5 aromatic rings. The van der Waals surface area contributed by atoms with Crippen molar-refractivity contribution in [2.75, 3.05) is 27.3 Å². The second-order valence-corrected chi connectivity index (χ2v) is 17.7. The Morgan fingerprint density at radius 3 is 1.35 bits per heavy atom. The van der Waals surface area contributed by atoms with Crippen molar-refractivity contribution in [3.63, 3.8) is 0 Å². The number of rotatable bonds is 10. The molecule has 7 rings (SSSR count). The number of ether oxygens (including phenoxy) is 2. The van der Waals surface area contributed by atoms with Crippen LogP contribution < -0.4 is 10.6 Å². The van der Waals surface area contributed by atoms with Gasteiger partial charge in [0.2, 0.25) is 11.8 Å². The molecule has 62 heavy (non-hydrogen) atoms. The first-order chi connectivity index (χ1) is 29.4. The molecule has 0 radical (unpaired) electrons. The minimum atomic E-state index is -0.785. The quantitative estimate of drug-likeness (QED) is 0.145. The Morgan fingerprint density at radius 2 is 1.02 bits per heavy atom. The van der Waals surface area contributed by atoms with Crippen molar-refractivity contribution in [3.8, 4) is 22.3 Å². The third kappa shape index (κ3) is 8.18. The molecule has 2 aromatic heterocycles. The molecule has 6 atom stereocenters. The smallest absolute Gasteiger partial charge is 0.407 e. The van der Waals surface area contributed by atoms with Crippen LogP contribution in [0.25, 0.3) is 44.3 Å². The van der Waals surface area contributed by atoms with Crippen LogP contribution in [0.1, 0.15) is 78.1 Å². The average molecular weight is 855 g/mol. The first-order valence-corrected chi connectivity index (χ1v) is 21.1. The Morgan fingerprint density at radius 1 is 0.645 bits per heavy atom. The maximum absolute atomic E-state index is 16.2. The molecule has 2 fully saturated rings. The number of carbonyl (C=O) groups excluding carboxylic acids is 4. The van der Waals surface area contributed by atoms with E-state index in [9.17, 15) is 19.2 Å². The van der Waals surface area contributed by atoms with E-state index >= 15 is 8.78 Å². The fraction of sp³-hybridized carbons (Fsp3) is 0.478. The number of hydrogen-bond acceptors (Lipinski definition) is 8. The van der Waals surface area contributed by atoms with Crippen LogP contribution in [0.3, 0.4) is 0 Å². The number of likely N-dealkylation sites (tertiary alicyclic amines) is 2. The minimum Gasteiger partial charge on any atom is -0.453 e. The lowest BCUT2D eigenvalue weighted by Crippen LogP contribution is -2.51. The Labute approximate surface area is 359 Å². The molecule has 2 aliphatic rings. The summed E-state index contributed by atoms with van der Waals surface area (Å²) in [6.45, 7) is 12.6. The molecule has 3 aromatic carbocycles. The molecule has 0 bridgehead atoms. The predicted molar refractivity (Wildman–Crippen MR) is 231 cm³/mol. The van der Waals surface area contributed by atoms with Crippen molar-refractivity contribution in [1.29, 1.82) is 0 Å². The largest absolute Gasteiger partial charge is 0.453 e. The Balaban J connectivity index is 1.17. The van der Waals surface area contributed by atoms with Crippen molar-refractivity contribution in [3.05, 3.63) is 71.8 Å². The van der Waals surface area contributed by atoms with E-state index < -0.39 is 35.9 Å². The van der Waals surface area contributed by atoms with Gasteiger partial charge in [0.25, 0.3) is 0 Å². The summed E-state index contributed by atoms with van der Waals surface area (Å²) in [5.74, 6) is -0.363. The van der Waals surface area contributed by atoms with Crippen molar-refractivity contribution < 1.29 is 37.4 Å². The molecule has 2 N–H and O–H groups in total. The number of methoxy groups -OCH3 is 2. The Kier molecular flexibility index (Phi) is 12.3. The zero-order chi connectivity index (χ0) is 44.9. The van der Waals surface area contributed by atoms with Crippen LogP contribution >= 0.6 is 0 Å². The van der Waals surface area contributed by atoms with Crippen molar-refractivity contribution >= 4 is 46.1 Å². The van der Waals surface area contributed by atoms with Gasteiger partial charge >= 0.3 is 12.2 Å². The first kappa shape index (κ1) is 44.0. The van der Waals surface area contributed by atoms with E-state index in [-0.39, 0.29) is 58.7 Å². The van der Waals surface area contributed by atoms with Gasteiger partial charge in [0.15, 0.2) is 0 Å². The molecule has 2 saturated heterocycles. The summed E-state index contributed by atoms with van der Waals surface area (Å²) in [7, 11) is 6.21. The van der Waals surface area contributed by atoms with E-state index in [0.29, 0.717) is 70.8 Å². The van der Waals surface area contributed by atoms with Gasteiger partial charge in [0.05, 0.1) is 48.4 Å². The number of fused-ring (bicyclic) bond motifs is 2. The lowest BCUT2D eigenvalue weighted by molar-refractivity contribution is -0.136. The third-order valence-electron chi connectivity index (χ3n) is 12.5. The average Bonchev–Trinajstić information content (AvgIpc) is 4.00. The lowest BCUT2D eigenvalue weighted by atomic mass is 9.98. The van der Waals surface area contributed by atoms with Crippen molar-refractivity contribution in [1.82, 2.24) is 39.5 Å². The highest BCUT2D eigenvalue weighted by atomic mass is 19.1. The van der Waals surface area contributed by atoms with E-state index in [1.54, 1.807) is 46.2 Å². The number of halogens is 2. The summed E-state index contributed by atoms with van der Waals surface area (Å²) in [4.78, 5) is 65.4. The van der Waals surface area contributed by atoms with E-state index in [1.165, 1.54) is 26.4 Å². The molecule has 0 aliphatic carbocycles. The zero-order valence-electron chi connectivity index (χ0n) is 37.0. The number of hydrogen-bond donors (Lipinski definition) is 2. The highest BCUT2D eigenvalue weighted by Crippen LogP contribution is 2.40. The van der Waals surface area contributed by atoms with Crippen LogP contribution in [0, 0.1) is 35.3 Å². The fourth-order valence-electron chi connectivity index (χ4n) is 9.16. The van der Waals surface area contributed by atoms with Crippen LogP contribution in [0.5, 0.6) is 0 Å². The normalized spacial score (nSPS) is 20.0. The van der Waals surface area contributed by atoms with Gasteiger partial charge in [-0.2, -0.15) is 0 Å². The van der Waals surface area contributed by atoms with Gasteiger partial charge in [-0.25, -0.2) is 28.3 Å². The highest BCUT2D eigenvalue weighted by Gasteiger charge is 2.42. The first-order valence-electron chi connectivity index (χ1n) is 21.1. The molecular formula is C46H56F2N8O6. The molecule has 0 saturated carbocycles. The molecule has 1 unspecified atom stereocenters. The van der Waals surface area contributed by atoms with Gasteiger partial charge in [-0.1, -0.05) is 53.7 Å². The van der Waals surface area contributed by atoms with Gasteiger partial charge in [-0.05, 0) is 84.0 Å². The number of nitrogens with zero attached hydrogens (tertiary/aromatic N) is 6. The van der Waals surface area contributed by atoms with Gasteiger partial charge in [0, 0.05) is 38.3 Å². The number of carbonyl (C=O) groups is 4.